The minimum absolute atomic E-state index is 0. The highest BCUT2D eigenvalue weighted by Gasteiger charge is 2.43. The molecule has 19 heavy (non-hydrogen) atoms. The first-order valence-corrected chi connectivity index (χ1v) is 8.29. The normalized spacial score (nSPS) is 22.8. The zero-order valence-electron chi connectivity index (χ0n) is 11.2. The molecule has 2 aliphatic rings. The molecule has 104 valence electrons. The number of benzene rings is 1. The molecule has 0 N–H and O–H groups in total. The van der Waals surface area contributed by atoms with Gasteiger partial charge in [0.1, 0.15) is 17.3 Å². The maximum atomic E-state index is 12.5. The van der Waals surface area contributed by atoms with E-state index in [1.54, 1.807) is 7.11 Å². The summed E-state index contributed by atoms with van der Waals surface area (Å²) in [5.41, 5.74) is 2.14. The summed E-state index contributed by atoms with van der Waals surface area (Å²) in [5, 5.41) is 0.271. The topological polar surface area (TPSA) is 26.3 Å². The van der Waals surface area contributed by atoms with Gasteiger partial charge in [0, 0.05) is 12.0 Å². The van der Waals surface area contributed by atoms with E-state index in [2.05, 4.69) is 0 Å². The molecule has 0 radical (unpaired) electrons. The molecule has 0 bridgehead atoms. The summed E-state index contributed by atoms with van der Waals surface area (Å²) in [7, 11) is 2.00. The Morgan fingerprint density at radius 2 is 1.95 bits per heavy atom. The second-order valence-electron chi connectivity index (χ2n) is 5.09. The second-order valence-corrected chi connectivity index (χ2v) is 7.55. The molecule has 1 atom stereocenters. The van der Waals surface area contributed by atoms with Crippen molar-refractivity contribution < 1.29 is 26.5 Å². The molecular weight excluding hydrogens is 324 g/mol. The first-order chi connectivity index (χ1) is 8.79. The Hall–Kier alpha value is -0.480. The number of rotatable bonds is 2. The number of carbonyl (C=O) groups is 1. The molecule has 1 aliphatic heterocycles. The Balaban J connectivity index is 0.00000133. The number of hydrogen-bond donors (Lipinski definition) is 0. The van der Waals surface area contributed by atoms with Crippen molar-refractivity contribution in [2.24, 2.45) is 0 Å². The van der Waals surface area contributed by atoms with E-state index in [1.165, 1.54) is 36.3 Å². The molecule has 1 heterocycles. The largest absolute Gasteiger partial charge is 1.00 e. The van der Waals surface area contributed by atoms with Crippen molar-refractivity contribution >= 4 is 16.7 Å². The van der Waals surface area contributed by atoms with Gasteiger partial charge < -0.3 is 21.7 Å². The van der Waals surface area contributed by atoms with Crippen LogP contribution in [0.4, 0.5) is 0 Å². The zero-order valence-corrected chi connectivity index (χ0v) is 13.6. The molecule has 0 amide bonds. The lowest BCUT2D eigenvalue weighted by Gasteiger charge is -2.17. The number of ketones is 1. The molecule has 0 saturated carbocycles. The molecule has 1 aliphatic carbocycles. The number of carbonyl (C=O) groups excluding carboxylic acids is 1. The van der Waals surface area contributed by atoms with E-state index in [0.29, 0.717) is 16.7 Å². The third kappa shape index (κ3) is 2.84. The lowest BCUT2D eigenvalue weighted by Crippen LogP contribution is -3.00. The van der Waals surface area contributed by atoms with Gasteiger partial charge in [-0.05, 0) is 53.9 Å². The molecule has 1 aromatic carbocycles. The fraction of sp³-hybridized carbons (Fsp3) is 0.533. The molecule has 3 rings (SSSR count). The number of ether oxygens (including phenoxy) is 1. The Bertz CT molecular complexity index is 469. The van der Waals surface area contributed by atoms with Gasteiger partial charge in [0.2, 0.25) is 5.78 Å². The van der Waals surface area contributed by atoms with Gasteiger partial charge in [0.05, 0.1) is 7.11 Å². The summed E-state index contributed by atoms with van der Waals surface area (Å²) < 4.78 is 5.25. The third-order valence-corrected chi connectivity index (χ3v) is 6.80. The highest BCUT2D eigenvalue weighted by Crippen LogP contribution is 2.32. The Kier molecular flexibility index (Phi) is 4.96. The van der Waals surface area contributed by atoms with Crippen molar-refractivity contribution in [3.05, 3.63) is 29.3 Å². The van der Waals surface area contributed by atoms with Gasteiger partial charge in [-0.1, -0.05) is 0 Å². The molecule has 1 unspecified atom stereocenters. The average Bonchev–Trinajstić information content (AvgIpc) is 2.76. The summed E-state index contributed by atoms with van der Waals surface area (Å²) in [4.78, 5) is 12.5. The standard InChI is InChI=1S/C15H19O2S.BrH/c1-17-12-5-6-13-11(9-12)10-14(15(13)16)18-7-3-2-4-8-18;/h5-6,9,14H,2-4,7-8,10H2,1H3;1H/q+1;/p-1. The molecule has 1 fully saturated rings. The van der Waals surface area contributed by atoms with E-state index >= 15 is 0 Å². The van der Waals surface area contributed by atoms with Crippen LogP contribution in [0.2, 0.25) is 0 Å². The van der Waals surface area contributed by atoms with E-state index in [9.17, 15) is 4.79 Å². The van der Waals surface area contributed by atoms with Crippen LogP contribution in [0.3, 0.4) is 0 Å². The van der Waals surface area contributed by atoms with Crippen molar-refractivity contribution in [3.63, 3.8) is 0 Å². The minimum Gasteiger partial charge on any atom is -1.00 e. The van der Waals surface area contributed by atoms with Crippen LogP contribution in [0.5, 0.6) is 5.75 Å². The third-order valence-electron chi connectivity index (χ3n) is 3.99. The first-order valence-electron chi connectivity index (χ1n) is 6.67. The summed E-state index contributed by atoms with van der Waals surface area (Å²) >= 11 is 0. The molecule has 2 nitrogen and oxygen atoms in total. The van der Waals surface area contributed by atoms with Crippen LogP contribution in [0.15, 0.2) is 18.2 Å². The molecule has 4 heteroatoms. The van der Waals surface area contributed by atoms with Gasteiger partial charge in [-0.25, -0.2) is 0 Å². The van der Waals surface area contributed by atoms with Crippen LogP contribution in [-0.4, -0.2) is 29.6 Å². The van der Waals surface area contributed by atoms with E-state index in [1.807, 2.05) is 18.2 Å². The number of hydrogen-bond acceptors (Lipinski definition) is 2. The highest BCUT2D eigenvalue weighted by atomic mass is 79.9. The van der Waals surface area contributed by atoms with Crippen LogP contribution in [0.1, 0.15) is 35.2 Å². The van der Waals surface area contributed by atoms with Crippen molar-refractivity contribution in [1.29, 1.82) is 0 Å². The lowest BCUT2D eigenvalue weighted by molar-refractivity contribution is -0.0000117. The summed E-state index contributed by atoms with van der Waals surface area (Å²) in [6.07, 6.45) is 4.92. The molecule has 0 spiro atoms. The van der Waals surface area contributed by atoms with E-state index in [4.69, 9.17) is 4.74 Å². The van der Waals surface area contributed by atoms with Gasteiger partial charge in [-0.3, -0.25) is 4.79 Å². The first kappa shape index (κ1) is 14.9. The molecular formula is C15H19BrO2S. The Labute approximate surface area is 128 Å². The predicted octanol–water partition coefficient (Wildman–Crippen LogP) is -0.391. The molecule has 1 aromatic rings. The predicted molar refractivity (Wildman–Crippen MR) is 75.8 cm³/mol. The number of Topliss-reactive ketones (excluding diaryl/α,β-unsaturated/α-hetero) is 1. The van der Waals surface area contributed by atoms with Crippen LogP contribution >= 0.6 is 0 Å². The van der Waals surface area contributed by atoms with Crippen molar-refractivity contribution in [2.75, 3.05) is 18.6 Å². The van der Waals surface area contributed by atoms with E-state index in [-0.39, 0.29) is 22.2 Å². The van der Waals surface area contributed by atoms with Crippen molar-refractivity contribution in [3.8, 4) is 5.75 Å². The quantitative estimate of drug-likeness (QED) is 0.684. The monoisotopic (exact) mass is 342 g/mol. The summed E-state index contributed by atoms with van der Waals surface area (Å²) in [6, 6.07) is 5.90. The summed E-state index contributed by atoms with van der Waals surface area (Å²) in [6.45, 7) is 0. The van der Waals surface area contributed by atoms with Gasteiger partial charge >= 0.3 is 0 Å². The van der Waals surface area contributed by atoms with Gasteiger partial charge in [-0.15, -0.1) is 0 Å². The van der Waals surface area contributed by atoms with Crippen LogP contribution < -0.4 is 21.7 Å². The number of halogens is 1. The Morgan fingerprint density at radius 3 is 2.63 bits per heavy atom. The van der Waals surface area contributed by atoms with E-state index < -0.39 is 0 Å². The number of fused-ring (bicyclic) bond motifs is 1. The smallest absolute Gasteiger partial charge is 0.215 e. The van der Waals surface area contributed by atoms with Gasteiger partial charge in [0.25, 0.3) is 0 Å². The van der Waals surface area contributed by atoms with Crippen LogP contribution in [0.25, 0.3) is 0 Å². The van der Waals surface area contributed by atoms with Gasteiger partial charge in [0.15, 0.2) is 5.25 Å². The van der Waals surface area contributed by atoms with Gasteiger partial charge in [-0.2, -0.15) is 0 Å². The minimum atomic E-state index is 0. The van der Waals surface area contributed by atoms with Crippen LogP contribution in [0, 0.1) is 0 Å². The maximum Gasteiger partial charge on any atom is 0.215 e. The van der Waals surface area contributed by atoms with Crippen LogP contribution in [-0.2, 0) is 17.3 Å². The lowest BCUT2D eigenvalue weighted by atomic mass is 10.1. The maximum absolute atomic E-state index is 12.5. The summed E-state index contributed by atoms with van der Waals surface area (Å²) in [5.74, 6) is 3.79. The number of methoxy groups -OCH3 is 1. The van der Waals surface area contributed by atoms with Crippen molar-refractivity contribution in [2.45, 2.75) is 30.9 Å². The SMILES string of the molecule is COc1ccc2c(c1)CC([S+]1CCCCC1)C2=O.[Br-]. The highest BCUT2D eigenvalue weighted by molar-refractivity contribution is 7.98. The Morgan fingerprint density at radius 1 is 1.21 bits per heavy atom. The average molecular weight is 343 g/mol. The molecule has 1 saturated heterocycles. The fourth-order valence-corrected chi connectivity index (χ4v) is 5.75. The molecule has 0 aromatic heterocycles. The van der Waals surface area contributed by atoms with Crippen molar-refractivity contribution in [1.82, 2.24) is 0 Å². The zero-order chi connectivity index (χ0) is 12.5. The van der Waals surface area contributed by atoms with E-state index in [0.717, 1.165) is 17.7 Å². The second kappa shape index (κ2) is 6.31. The fourth-order valence-electron chi connectivity index (χ4n) is 2.98.